The highest BCUT2D eigenvalue weighted by Gasteiger charge is 2.19. The van der Waals surface area contributed by atoms with Gasteiger partial charge < -0.3 is 14.2 Å². The third-order valence-corrected chi connectivity index (χ3v) is 11.7. The molecule has 0 saturated heterocycles. The van der Waals surface area contributed by atoms with Crippen molar-refractivity contribution in [2.75, 3.05) is 13.2 Å². The van der Waals surface area contributed by atoms with Crippen LogP contribution in [0.25, 0.3) is 0 Å². The highest BCUT2D eigenvalue weighted by atomic mass is 16.6. The summed E-state index contributed by atoms with van der Waals surface area (Å²) in [5.41, 5.74) is 0. The molecule has 0 aromatic carbocycles. The van der Waals surface area contributed by atoms with E-state index in [-0.39, 0.29) is 37.5 Å². The molecule has 0 bridgehead atoms. The number of esters is 3. The van der Waals surface area contributed by atoms with Gasteiger partial charge in [0.2, 0.25) is 0 Å². The fourth-order valence-electron chi connectivity index (χ4n) is 7.48. The quantitative estimate of drug-likeness (QED) is 0.0262. The summed E-state index contributed by atoms with van der Waals surface area (Å²) in [7, 11) is 0. The molecule has 0 amide bonds. The summed E-state index contributed by atoms with van der Waals surface area (Å²) < 4.78 is 16.8. The Labute approximate surface area is 431 Å². The maximum Gasteiger partial charge on any atom is 0.306 e. The molecule has 1 unspecified atom stereocenters. The van der Waals surface area contributed by atoms with Crippen molar-refractivity contribution < 1.29 is 28.6 Å². The molecule has 70 heavy (non-hydrogen) atoms. The minimum Gasteiger partial charge on any atom is -0.462 e. The number of allylic oxidation sites excluding steroid dienone is 20. The monoisotopic (exact) mass is 969 g/mol. The van der Waals surface area contributed by atoms with E-state index >= 15 is 0 Å². The van der Waals surface area contributed by atoms with Gasteiger partial charge >= 0.3 is 17.9 Å². The molecule has 0 aromatic heterocycles. The topological polar surface area (TPSA) is 78.9 Å². The number of ether oxygens (including phenoxy) is 3. The molecule has 6 heteroatoms. The van der Waals surface area contributed by atoms with Crippen LogP contribution in [0.4, 0.5) is 0 Å². The molecule has 0 aliphatic heterocycles. The molecule has 0 radical (unpaired) electrons. The Morgan fingerprint density at radius 2 is 0.586 bits per heavy atom. The van der Waals surface area contributed by atoms with Crippen LogP contribution in [-0.4, -0.2) is 37.2 Å². The van der Waals surface area contributed by atoms with E-state index < -0.39 is 6.10 Å². The number of carbonyl (C=O) groups excluding carboxylic acids is 3. The van der Waals surface area contributed by atoms with E-state index in [1.807, 2.05) is 6.08 Å². The van der Waals surface area contributed by atoms with Gasteiger partial charge in [0.1, 0.15) is 13.2 Å². The third-order valence-electron chi connectivity index (χ3n) is 11.7. The number of hydrogen-bond donors (Lipinski definition) is 0. The largest absolute Gasteiger partial charge is 0.462 e. The number of carbonyl (C=O) groups is 3. The normalized spacial score (nSPS) is 13.0. The van der Waals surface area contributed by atoms with Crippen LogP contribution >= 0.6 is 0 Å². The summed E-state index contributed by atoms with van der Waals surface area (Å²) in [6.45, 7) is 6.33. The Balaban J connectivity index is 4.54. The lowest BCUT2D eigenvalue weighted by Crippen LogP contribution is -2.30. The number of unbranched alkanes of at least 4 members (excludes halogenated alkanes) is 19. The lowest BCUT2D eigenvalue weighted by atomic mass is 10.1. The van der Waals surface area contributed by atoms with Crippen LogP contribution in [0.2, 0.25) is 0 Å². The van der Waals surface area contributed by atoms with Crippen molar-refractivity contribution in [1.82, 2.24) is 0 Å². The smallest absolute Gasteiger partial charge is 0.306 e. The van der Waals surface area contributed by atoms with Crippen molar-refractivity contribution >= 4 is 17.9 Å². The summed E-state index contributed by atoms with van der Waals surface area (Å²) in [4.78, 5) is 38.1. The van der Waals surface area contributed by atoms with E-state index in [0.29, 0.717) is 19.3 Å². The maximum absolute atomic E-state index is 12.9. The molecule has 0 aromatic rings. The molecule has 0 saturated carbocycles. The second-order valence-electron chi connectivity index (χ2n) is 18.4. The molecule has 0 fully saturated rings. The van der Waals surface area contributed by atoms with Crippen molar-refractivity contribution in [3.63, 3.8) is 0 Å². The fourth-order valence-corrected chi connectivity index (χ4v) is 7.48. The lowest BCUT2D eigenvalue weighted by molar-refractivity contribution is -0.166. The van der Waals surface area contributed by atoms with Crippen LogP contribution in [0.1, 0.15) is 245 Å². The molecular weight excluding hydrogens is 865 g/mol. The fraction of sp³-hybridized carbons (Fsp3) is 0.641. The third kappa shape index (κ3) is 54.7. The van der Waals surface area contributed by atoms with Gasteiger partial charge in [-0.15, -0.1) is 0 Å². The summed E-state index contributed by atoms with van der Waals surface area (Å²) in [5, 5.41) is 0. The number of hydrogen-bond acceptors (Lipinski definition) is 6. The zero-order valence-corrected chi connectivity index (χ0v) is 45.2. The zero-order chi connectivity index (χ0) is 50.7. The van der Waals surface area contributed by atoms with Gasteiger partial charge in [0.15, 0.2) is 6.10 Å². The molecule has 0 N–H and O–H groups in total. The molecule has 0 aliphatic rings. The van der Waals surface area contributed by atoms with Crippen LogP contribution in [0.3, 0.4) is 0 Å². The molecule has 1 atom stereocenters. The molecule has 6 nitrogen and oxygen atoms in total. The Kier molecular flexibility index (Phi) is 54.0. The summed E-state index contributed by atoms with van der Waals surface area (Å²) >= 11 is 0. The van der Waals surface area contributed by atoms with Gasteiger partial charge in [-0.3, -0.25) is 14.4 Å². The predicted molar refractivity (Wildman–Crippen MR) is 302 cm³/mol. The summed E-state index contributed by atoms with van der Waals surface area (Å²) in [5.74, 6) is -1.02. The molecule has 0 spiro atoms. The average Bonchev–Trinajstić information content (AvgIpc) is 3.36. The second-order valence-corrected chi connectivity index (χ2v) is 18.4. The van der Waals surface area contributed by atoms with Gasteiger partial charge in [0, 0.05) is 19.3 Å². The summed E-state index contributed by atoms with van der Waals surface area (Å²) in [6, 6.07) is 0. The zero-order valence-electron chi connectivity index (χ0n) is 45.2. The Bertz CT molecular complexity index is 1490. The second kappa shape index (κ2) is 57.4. The van der Waals surface area contributed by atoms with Crippen LogP contribution in [0.5, 0.6) is 0 Å². The highest BCUT2D eigenvalue weighted by Crippen LogP contribution is 2.14. The molecule has 0 rings (SSSR count). The number of rotatable bonds is 50. The van der Waals surface area contributed by atoms with Crippen molar-refractivity contribution in [2.24, 2.45) is 0 Å². The van der Waals surface area contributed by atoms with Crippen molar-refractivity contribution in [2.45, 2.75) is 252 Å². The predicted octanol–water partition coefficient (Wildman–Crippen LogP) is 19.3. The van der Waals surface area contributed by atoms with Crippen LogP contribution in [0, 0.1) is 0 Å². The highest BCUT2D eigenvalue weighted by molar-refractivity contribution is 5.71. The van der Waals surface area contributed by atoms with Gasteiger partial charge in [0.05, 0.1) is 0 Å². The SMILES string of the molecule is CC/C=C\C/C=C\C/C=C\C/C=C\C/C=C\C/C=C\CCC(=O)OCC(COC(=O)CCCCCCC/C=C\CCCCCCCCC)OC(=O)CCCCCCCCC/C=C\C/C=C\C/C=C\CC. The first kappa shape index (κ1) is 65.8. The first-order valence-electron chi connectivity index (χ1n) is 28.5. The van der Waals surface area contributed by atoms with E-state index in [1.54, 1.807) is 0 Å². The Morgan fingerprint density at radius 1 is 0.300 bits per heavy atom. The molecule has 0 aliphatic carbocycles. The minimum atomic E-state index is -0.821. The van der Waals surface area contributed by atoms with Gasteiger partial charge in [-0.1, -0.05) is 232 Å². The first-order valence-corrected chi connectivity index (χ1v) is 28.5. The maximum atomic E-state index is 12.9. The van der Waals surface area contributed by atoms with Crippen molar-refractivity contribution in [1.29, 1.82) is 0 Å². The molecular formula is C64H104O6. The van der Waals surface area contributed by atoms with Gasteiger partial charge in [-0.05, 0) is 116 Å². The standard InChI is InChI=1S/C64H104O6/c1-4-7-10-13-16-19-22-25-28-31-32-34-36-39-42-45-48-51-54-57-63(66)69-60-61(59-68-62(65)56-53-50-47-44-41-38-35-30-27-24-21-18-15-12-9-6-3)70-64(67)58-55-52-49-46-43-40-37-33-29-26-23-20-17-14-11-8-5-2/h7-8,10-11,16-17,19-20,25-26,28-30,32,34-35,39,42,48,51,61H,4-6,9,12-15,18,21-24,27,31,33,36-38,40-41,43-47,49-50,52-60H2,1-3H3/b10-7-,11-8-,19-16-,20-17-,28-25-,29-26-,34-32-,35-30-,42-39-,51-48-. The lowest BCUT2D eigenvalue weighted by Gasteiger charge is -2.18. The Hall–Kier alpha value is -4.19. The van der Waals surface area contributed by atoms with Gasteiger partial charge in [-0.25, -0.2) is 0 Å². The first-order chi connectivity index (χ1) is 34.5. The van der Waals surface area contributed by atoms with Gasteiger partial charge in [0.25, 0.3) is 0 Å². The Morgan fingerprint density at radius 3 is 0.971 bits per heavy atom. The van der Waals surface area contributed by atoms with Crippen LogP contribution in [-0.2, 0) is 28.6 Å². The van der Waals surface area contributed by atoms with Crippen LogP contribution in [0.15, 0.2) is 122 Å². The van der Waals surface area contributed by atoms with E-state index in [9.17, 15) is 14.4 Å². The molecule has 396 valence electrons. The minimum absolute atomic E-state index is 0.112. The van der Waals surface area contributed by atoms with E-state index in [2.05, 4.69) is 136 Å². The average molecular weight is 970 g/mol. The molecule has 0 heterocycles. The van der Waals surface area contributed by atoms with Gasteiger partial charge in [-0.2, -0.15) is 0 Å². The summed E-state index contributed by atoms with van der Waals surface area (Å²) in [6.07, 6.45) is 79.1. The van der Waals surface area contributed by atoms with E-state index in [4.69, 9.17) is 14.2 Å². The van der Waals surface area contributed by atoms with E-state index in [1.165, 1.54) is 77.0 Å². The van der Waals surface area contributed by atoms with Crippen molar-refractivity contribution in [3.8, 4) is 0 Å². The van der Waals surface area contributed by atoms with Crippen molar-refractivity contribution in [3.05, 3.63) is 122 Å². The van der Waals surface area contributed by atoms with Crippen LogP contribution < -0.4 is 0 Å². The van der Waals surface area contributed by atoms with E-state index in [0.717, 1.165) is 122 Å².